The van der Waals surface area contributed by atoms with Crippen LogP contribution in [-0.4, -0.2) is 47.0 Å². The summed E-state index contributed by atoms with van der Waals surface area (Å²) in [7, 11) is 0. The van der Waals surface area contributed by atoms with E-state index in [0.717, 1.165) is 56.5 Å². The summed E-state index contributed by atoms with van der Waals surface area (Å²) in [6.45, 7) is 3.48. The van der Waals surface area contributed by atoms with Crippen molar-refractivity contribution in [1.82, 2.24) is 15.0 Å². The first-order valence-electron chi connectivity index (χ1n) is 8.33. The molecule has 1 amide bonds. The average molecular weight is 324 g/mol. The van der Waals surface area contributed by atoms with Gasteiger partial charge in [-0.05, 0) is 31.0 Å². The first kappa shape index (κ1) is 14.9. The van der Waals surface area contributed by atoms with Crippen LogP contribution in [0, 0.1) is 5.92 Å². The number of piperazine rings is 1. The van der Waals surface area contributed by atoms with E-state index in [2.05, 4.69) is 30.1 Å². The summed E-state index contributed by atoms with van der Waals surface area (Å²) >= 11 is 0. The Morgan fingerprint density at radius 3 is 2.33 bits per heavy atom. The van der Waals surface area contributed by atoms with Crippen LogP contribution in [0.15, 0.2) is 36.8 Å². The molecule has 1 saturated heterocycles. The largest absolute Gasteiger partial charge is 0.353 e. The molecular formula is C17H20N6O. The molecule has 4 rings (SSSR count). The lowest BCUT2D eigenvalue weighted by atomic mass is 10.3. The number of hydrogen-bond donors (Lipinski definition) is 1. The Kier molecular flexibility index (Phi) is 3.98. The lowest BCUT2D eigenvalue weighted by molar-refractivity contribution is -0.117. The quantitative estimate of drug-likeness (QED) is 0.920. The summed E-state index contributed by atoms with van der Waals surface area (Å²) in [6.07, 6.45) is 7.29. The van der Waals surface area contributed by atoms with Gasteiger partial charge in [-0.15, -0.1) is 0 Å². The van der Waals surface area contributed by atoms with Crippen LogP contribution >= 0.6 is 0 Å². The highest BCUT2D eigenvalue weighted by Crippen LogP contribution is 2.30. The number of pyridine rings is 1. The lowest BCUT2D eigenvalue weighted by Gasteiger charge is -2.35. The molecular weight excluding hydrogens is 304 g/mol. The van der Waals surface area contributed by atoms with Gasteiger partial charge in [-0.25, -0.2) is 15.0 Å². The van der Waals surface area contributed by atoms with Crippen molar-refractivity contribution < 1.29 is 4.79 Å². The molecule has 0 spiro atoms. The smallest absolute Gasteiger partial charge is 0.227 e. The van der Waals surface area contributed by atoms with E-state index in [0.29, 0.717) is 0 Å². The van der Waals surface area contributed by atoms with E-state index in [-0.39, 0.29) is 11.8 Å². The molecule has 3 heterocycles. The molecule has 1 saturated carbocycles. The summed E-state index contributed by atoms with van der Waals surface area (Å²) in [4.78, 5) is 29.3. The third kappa shape index (κ3) is 3.29. The first-order valence-corrected chi connectivity index (χ1v) is 8.33. The topological polar surface area (TPSA) is 74.2 Å². The average Bonchev–Trinajstić information content (AvgIpc) is 3.49. The van der Waals surface area contributed by atoms with Gasteiger partial charge in [-0.3, -0.25) is 4.79 Å². The summed E-state index contributed by atoms with van der Waals surface area (Å²) in [5.74, 6) is 2.04. The van der Waals surface area contributed by atoms with Crippen molar-refractivity contribution in [2.75, 3.05) is 41.3 Å². The molecule has 7 heteroatoms. The highest BCUT2D eigenvalue weighted by Gasteiger charge is 2.29. The minimum absolute atomic E-state index is 0.112. The second kappa shape index (κ2) is 6.43. The Morgan fingerprint density at radius 1 is 1.00 bits per heavy atom. The first-order chi connectivity index (χ1) is 11.8. The van der Waals surface area contributed by atoms with E-state index in [4.69, 9.17) is 0 Å². The number of nitrogens with one attached hydrogen (secondary N) is 1. The third-order valence-corrected chi connectivity index (χ3v) is 4.40. The Morgan fingerprint density at radius 2 is 1.71 bits per heavy atom. The van der Waals surface area contributed by atoms with Gasteiger partial charge in [-0.2, -0.15) is 0 Å². The molecule has 7 nitrogen and oxygen atoms in total. The summed E-state index contributed by atoms with van der Waals surface area (Å²) in [5, 5.41) is 2.92. The molecule has 0 atom stereocenters. The molecule has 0 bridgehead atoms. The minimum Gasteiger partial charge on any atom is -0.353 e. The maximum absolute atomic E-state index is 11.8. The molecule has 1 aliphatic heterocycles. The molecule has 2 fully saturated rings. The standard InChI is InChI=1S/C17H20N6O/c24-16(13-2-3-13)21-14-4-5-15(20-12-14)22-8-10-23(11-9-22)17-18-6-1-7-19-17/h1,4-7,12-13H,2-3,8-11H2,(H,21,24). The van der Waals surface area contributed by atoms with Crippen LogP contribution in [-0.2, 0) is 4.79 Å². The van der Waals surface area contributed by atoms with Crippen LogP contribution in [0.1, 0.15) is 12.8 Å². The number of rotatable bonds is 4. The molecule has 0 unspecified atom stereocenters. The highest BCUT2D eigenvalue weighted by molar-refractivity contribution is 5.93. The monoisotopic (exact) mass is 324 g/mol. The number of aromatic nitrogens is 3. The predicted octanol–water partition coefficient (Wildman–Crippen LogP) is 1.55. The molecule has 2 aliphatic rings. The van der Waals surface area contributed by atoms with Crippen LogP contribution in [0.3, 0.4) is 0 Å². The fourth-order valence-corrected chi connectivity index (χ4v) is 2.83. The summed E-state index contributed by atoms with van der Waals surface area (Å²) < 4.78 is 0. The van der Waals surface area contributed by atoms with Gasteiger partial charge in [0.1, 0.15) is 5.82 Å². The van der Waals surface area contributed by atoms with Crippen molar-refractivity contribution in [2.45, 2.75) is 12.8 Å². The van der Waals surface area contributed by atoms with Crippen molar-refractivity contribution in [2.24, 2.45) is 5.92 Å². The van der Waals surface area contributed by atoms with Gasteiger partial charge in [0.2, 0.25) is 11.9 Å². The zero-order valence-corrected chi connectivity index (χ0v) is 13.4. The van der Waals surface area contributed by atoms with Crippen LogP contribution in [0.2, 0.25) is 0 Å². The maximum atomic E-state index is 11.8. The lowest BCUT2D eigenvalue weighted by Crippen LogP contribution is -2.47. The predicted molar refractivity (Wildman–Crippen MR) is 92.0 cm³/mol. The van der Waals surface area contributed by atoms with Gasteiger partial charge in [0.25, 0.3) is 0 Å². The Labute approximate surface area is 140 Å². The minimum atomic E-state index is 0.112. The Balaban J connectivity index is 1.34. The molecule has 2 aromatic heterocycles. The number of hydrogen-bond acceptors (Lipinski definition) is 6. The number of anilines is 3. The van der Waals surface area contributed by atoms with Crippen molar-refractivity contribution in [3.05, 3.63) is 36.8 Å². The van der Waals surface area contributed by atoms with Gasteiger partial charge in [0.15, 0.2) is 0 Å². The normalized spacial score (nSPS) is 17.7. The molecule has 0 aromatic carbocycles. The van der Waals surface area contributed by atoms with Crippen molar-refractivity contribution in [1.29, 1.82) is 0 Å². The molecule has 1 N–H and O–H groups in total. The Hall–Kier alpha value is -2.70. The summed E-state index contributed by atoms with van der Waals surface area (Å²) in [5.41, 5.74) is 0.770. The number of carbonyl (C=O) groups is 1. The van der Waals surface area contributed by atoms with Gasteiger partial charge in [0.05, 0.1) is 11.9 Å². The van der Waals surface area contributed by atoms with E-state index >= 15 is 0 Å². The molecule has 124 valence electrons. The Bertz CT molecular complexity index is 693. The van der Waals surface area contributed by atoms with E-state index in [1.165, 1.54) is 0 Å². The highest BCUT2D eigenvalue weighted by atomic mass is 16.2. The molecule has 0 radical (unpaired) electrons. The number of carbonyl (C=O) groups excluding carboxylic acids is 1. The maximum Gasteiger partial charge on any atom is 0.227 e. The van der Waals surface area contributed by atoms with Gasteiger partial charge >= 0.3 is 0 Å². The number of amides is 1. The summed E-state index contributed by atoms with van der Waals surface area (Å²) in [6, 6.07) is 5.72. The fourth-order valence-electron chi connectivity index (χ4n) is 2.83. The SMILES string of the molecule is O=C(Nc1ccc(N2CCN(c3ncccn3)CC2)nc1)C1CC1. The second-order valence-electron chi connectivity index (χ2n) is 6.19. The van der Waals surface area contributed by atoms with Gasteiger partial charge < -0.3 is 15.1 Å². The van der Waals surface area contributed by atoms with E-state index in [9.17, 15) is 4.79 Å². The van der Waals surface area contributed by atoms with E-state index in [1.807, 2.05) is 18.2 Å². The van der Waals surface area contributed by atoms with Crippen LogP contribution < -0.4 is 15.1 Å². The third-order valence-electron chi connectivity index (χ3n) is 4.40. The van der Waals surface area contributed by atoms with Crippen molar-refractivity contribution >= 4 is 23.4 Å². The fraction of sp³-hybridized carbons (Fsp3) is 0.412. The van der Waals surface area contributed by atoms with Gasteiger partial charge in [0, 0.05) is 44.5 Å². The van der Waals surface area contributed by atoms with E-state index < -0.39 is 0 Å². The van der Waals surface area contributed by atoms with E-state index in [1.54, 1.807) is 18.6 Å². The number of nitrogens with zero attached hydrogens (tertiary/aromatic N) is 5. The van der Waals surface area contributed by atoms with Crippen LogP contribution in [0.4, 0.5) is 17.5 Å². The molecule has 24 heavy (non-hydrogen) atoms. The van der Waals surface area contributed by atoms with Crippen molar-refractivity contribution in [3.8, 4) is 0 Å². The molecule has 2 aromatic rings. The zero-order valence-electron chi connectivity index (χ0n) is 13.4. The zero-order chi connectivity index (χ0) is 16.4. The van der Waals surface area contributed by atoms with Crippen molar-refractivity contribution in [3.63, 3.8) is 0 Å². The molecule has 1 aliphatic carbocycles. The second-order valence-corrected chi connectivity index (χ2v) is 6.19. The van der Waals surface area contributed by atoms with Crippen LogP contribution in [0.5, 0.6) is 0 Å². The van der Waals surface area contributed by atoms with Gasteiger partial charge in [-0.1, -0.05) is 0 Å². The van der Waals surface area contributed by atoms with Crippen LogP contribution in [0.25, 0.3) is 0 Å².